The van der Waals surface area contributed by atoms with Crippen LogP contribution in [0.25, 0.3) is 0 Å². The Morgan fingerprint density at radius 1 is 1.44 bits per heavy atom. The molecule has 6 nitrogen and oxygen atoms in total. The molecule has 6 heteroatoms. The van der Waals surface area contributed by atoms with Crippen LogP contribution in [-0.2, 0) is 0 Å². The zero-order valence-electron chi connectivity index (χ0n) is 11.3. The normalized spacial score (nSPS) is 20.2. The van der Waals surface area contributed by atoms with Gasteiger partial charge in [-0.3, -0.25) is 0 Å². The third-order valence-electron chi connectivity index (χ3n) is 3.44. The summed E-state index contributed by atoms with van der Waals surface area (Å²) in [6, 6.07) is 2.53. The van der Waals surface area contributed by atoms with Crippen molar-refractivity contribution in [1.29, 1.82) is 0 Å². The predicted molar refractivity (Wildman–Crippen MR) is 74.9 cm³/mol. The summed E-state index contributed by atoms with van der Waals surface area (Å²) < 4.78 is 0. The molecule has 18 heavy (non-hydrogen) atoms. The second kappa shape index (κ2) is 5.39. The van der Waals surface area contributed by atoms with Crippen LogP contribution >= 0.6 is 0 Å². The molecule has 0 radical (unpaired) electrons. The van der Waals surface area contributed by atoms with E-state index in [1.165, 1.54) is 12.8 Å². The molecule has 1 atom stereocenters. The number of anilines is 3. The average molecular weight is 250 g/mol. The molecule has 0 spiro atoms. The molecule has 1 aliphatic rings. The third-order valence-corrected chi connectivity index (χ3v) is 3.44. The number of nitrogens with one attached hydrogen (secondary N) is 1. The highest BCUT2D eigenvalue weighted by Crippen LogP contribution is 2.22. The largest absolute Gasteiger partial charge is 0.373 e. The number of rotatable bonds is 3. The Morgan fingerprint density at radius 3 is 2.89 bits per heavy atom. The number of nitrogens with two attached hydrogens (primary N) is 1. The van der Waals surface area contributed by atoms with Gasteiger partial charge in [0.1, 0.15) is 11.6 Å². The van der Waals surface area contributed by atoms with Gasteiger partial charge in [-0.1, -0.05) is 0 Å². The maximum atomic E-state index is 5.74. The van der Waals surface area contributed by atoms with E-state index in [0.717, 1.165) is 24.7 Å². The zero-order chi connectivity index (χ0) is 13.1. The molecule has 0 bridgehead atoms. The molecular weight excluding hydrogens is 228 g/mol. The fourth-order valence-electron chi connectivity index (χ4n) is 2.33. The standard InChI is InChI=1S/C12H22N6/c1-14-10-7-11(16-12(13)15-10)18-6-4-5-9(8-18)17(2)3/h7,9H,4-6,8H2,1-3H3,(H3,13,14,15,16). The topological polar surface area (TPSA) is 70.3 Å². The lowest BCUT2D eigenvalue weighted by Gasteiger charge is -2.36. The van der Waals surface area contributed by atoms with E-state index in [4.69, 9.17) is 5.73 Å². The van der Waals surface area contributed by atoms with E-state index >= 15 is 0 Å². The van der Waals surface area contributed by atoms with Gasteiger partial charge in [0.25, 0.3) is 0 Å². The third kappa shape index (κ3) is 2.81. The van der Waals surface area contributed by atoms with Crippen LogP contribution in [0.15, 0.2) is 6.07 Å². The Labute approximate surface area is 108 Å². The van der Waals surface area contributed by atoms with Crippen LogP contribution in [0, 0.1) is 0 Å². The van der Waals surface area contributed by atoms with Crippen molar-refractivity contribution in [3.63, 3.8) is 0 Å². The lowest BCUT2D eigenvalue weighted by Crippen LogP contribution is -2.45. The van der Waals surface area contributed by atoms with Crippen molar-refractivity contribution in [1.82, 2.24) is 14.9 Å². The molecule has 2 rings (SSSR count). The van der Waals surface area contributed by atoms with E-state index < -0.39 is 0 Å². The Balaban J connectivity index is 2.17. The van der Waals surface area contributed by atoms with Gasteiger partial charge in [0.05, 0.1) is 0 Å². The highest BCUT2D eigenvalue weighted by Gasteiger charge is 2.22. The molecule has 0 saturated carbocycles. The number of hydrogen-bond donors (Lipinski definition) is 2. The first kappa shape index (κ1) is 12.9. The van der Waals surface area contributed by atoms with Gasteiger partial charge >= 0.3 is 0 Å². The molecule has 2 heterocycles. The van der Waals surface area contributed by atoms with Crippen LogP contribution in [-0.4, -0.2) is 55.1 Å². The van der Waals surface area contributed by atoms with Crippen molar-refractivity contribution in [3.05, 3.63) is 6.07 Å². The van der Waals surface area contributed by atoms with Crippen molar-refractivity contribution in [2.24, 2.45) is 0 Å². The highest BCUT2D eigenvalue weighted by molar-refractivity contribution is 5.52. The molecule has 1 aromatic heterocycles. The fraction of sp³-hybridized carbons (Fsp3) is 0.667. The van der Waals surface area contributed by atoms with Crippen LogP contribution in [0.3, 0.4) is 0 Å². The molecule has 0 aromatic carbocycles. The Kier molecular flexibility index (Phi) is 3.86. The Hall–Kier alpha value is -1.56. The maximum Gasteiger partial charge on any atom is 0.223 e. The van der Waals surface area contributed by atoms with Gasteiger partial charge in [0.2, 0.25) is 5.95 Å². The summed E-state index contributed by atoms with van der Waals surface area (Å²) in [5, 5.41) is 3.01. The monoisotopic (exact) mass is 250 g/mol. The van der Waals surface area contributed by atoms with Crippen LogP contribution in [0.4, 0.5) is 17.6 Å². The first-order valence-electron chi connectivity index (χ1n) is 6.34. The van der Waals surface area contributed by atoms with Crippen LogP contribution < -0.4 is 16.0 Å². The Bertz CT molecular complexity index is 406. The second-order valence-corrected chi connectivity index (χ2v) is 4.93. The van der Waals surface area contributed by atoms with Gasteiger partial charge < -0.3 is 20.9 Å². The average Bonchev–Trinajstić information content (AvgIpc) is 2.38. The van der Waals surface area contributed by atoms with Crippen molar-refractivity contribution in [2.45, 2.75) is 18.9 Å². The predicted octanol–water partition coefficient (Wildman–Crippen LogP) is 0.631. The fourth-order valence-corrected chi connectivity index (χ4v) is 2.33. The summed E-state index contributed by atoms with van der Waals surface area (Å²) in [5.74, 6) is 2.01. The Morgan fingerprint density at radius 2 is 2.22 bits per heavy atom. The van der Waals surface area contributed by atoms with Gasteiger partial charge in [0, 0.05) is 32.2 Å². The molecule has 0 amide bonds. The van der Waals surface area contributed by atoms with Gasteiger partial charge in [-0.05, 0) is 26.9 Å². The van der Waals surface area contributed by atoms with E-state index in [2.05, 4.69) is 39.2 Å². The number of nitrogen functional groups attached to an aromatic ring is 1. The van der Waals surface area contributed by atoms with Gasteiger partial charge in [-0.25, -0.2) is 0 Å². The van der Waals surface area contributed by atoms with Crippen molar-refractivity contribution < 1.29 is 0 Å². The summed E-state index contributed by atoms with van der Waals surface area (Å²) in [4.78, 5) is 13.0. The van der Waals surface area contributed by atoms with Crippen molar-refractivity contribution in [3.8, 4) is 0 Å². The zero-order valence-corrected chi connectivity index (χ0v) is 11.3. The van der Waals surface area contributed by atoms with E-state index in [-0.39, 0.29) is 0 Å². The number of likely N-dealkylation sites (N-methyl/N-ethyl adjacent to an activating group) is 1. The maximum absolute atomic E-state index is 5.74. The van der Waals surface area contributed by atoms with E-state index in [9.17, 15) is 0 Å². The van der Waals surface area contributed by atoms with Crippen LogP contribution in [0.5, 0.6) is 0 Å². The SMILES string of the molecule is CNc1cc(N2CCCC(N(C)C)C2)nc(N)n1. The van der Waals surface area contributed by atoms with Crippen molar-refractivity contribution >= 4 is 17.6 Å². The first-order chi connectivity index (χ1) is 8.60. The van der Waals surface area contributed by atoms with Crippen molar-refractivity contribution in [2.75, 3.05) is 50.2 Å². The van der Waals surface area contributed by atoms with E-state index in [0.29, 0.717) is 12.0 Å². The molecule has 1 aliphatic heterocycles. The number of aromatic nitrogens is 2. The minimum absolute atomic E-state index is 0.323. The van der Waals surface area contributed by atoms with E-state index in [1.54, 1.807) is 0 Å². The van der Waals surface area contributed by atoms with Gasteiger partial charge in [-0.2, -0.15) is 9.97 Å². The quantitative estimate of drug-likeness (QED) is 0.820. The highest BCUT2D eigenvalue weighted by atomic mass is 15.3. The summed E-state index contributed by atoms with van der Waals surface area (Å²) in [7, 11) is 6.09. The van der Waals surface area contributed by atoms with Gasteiger partial charge in [0.15, 0.2) is 0 Å². The molecule has 1 unspecified atom stereocenters. The molecule has 0 aliphatic carbocycles. The minimum Gasteiger partial charge on any atom is -0.373 e. The smallest absolute Gasteiger partial charge is 0.223 e. The summed E-state index contributed by atoms with van der Waals surface area (Å²) in [6.45, 7) is 2.02. The number of nitrogens with zero attached hydrogens (tertiary/aromatic N) is 4. The summed E-state index contributed by atoms with van der Waals surface area (Å²) in [5.41, 5.74) is 5.74. The molecule has 100 valence electrons. The molecule has 1 saturated heterocycles. The number of hydrogen-bond acceptors (Lipinski definition) is 6. The first-order valence-corrected chi connectivity index (χ1v) is 6.34. The van der Waals surface area contributed by atoms with E-state index in [1.807, 2.05) is 13.1 Å². The number of piperidine rings is 1. The molecule has 1 fully saturated rings. The van der Waals surface area contributed by atoms with Crippen LogP contribution in [0.1, 0.15) is 12.8 Å². The van der Waals surface area contributed by atoms with Gasteiger partial charge in [-0.15, -0.1) is 0 Å². The summed E-state index contributed by atoms with van der Waals surface area (Å²) in [6.07, 6.45) is 2.42. The lowest BCUT2D eigenvalue weighted by molar-refractivity contribution is 0.257. The summed E-state index contributed by atoms with van der Waals surface area (Å²) >= 11 is 0. The minimum atomic E-state index is 0.323. The second-order valence-electron chi connectivity index (χ2n) is 4.93. The van der Waals surface area contributed by atoms with Crippen LogP contribution in [0.2, 0.25) is 0 Å². The molecular formula is C12H22N6. The molecule has 3 N–H and O–H groups in total. The molecule has 1 aromatic rings. The lowest BCUT2D eigenvalue weighted by atomic mass is 10.1.